The molecule has 0 saturated carbocycles. The van der Waals surface area contributed by atoms with Crippen molar-refractivity contribution < 1.29 is 14.3 Å². The van der Waals surface area contributed by atoms with Crippen LogP contribution >= 0.6 is 11.6 Å². The van der Waals surface area contributed by atoms with Crippen molar-refractivity contribution in [1.29, 1.82) is 0 Å². The fraction of sp³-hybridized carbons (Fsp3) is 0.217. The minimum absolute atomic E-state index is 0.189. The van der Waals surface area contributed by atoms with Gasteiger partial charge in [0.2, 0.25) is 0 Å². The maximum Gasteiger partial charge on any atom is 0.342 e. The highest BCUT2D eigenvalue weighted by atomic mass is 35.5. The van der Waals surface area contributed by atoms with Gasteiger partial charge in [-0.2, -0.15) is 0 Å². The van der Waals surface area contributed by atoms with Crippen LogP contribution < -0.4 is 0 Å². The quantitative estimate of drug-likeness (QED) is 0.632. The standard InChI is InChI=1S/C23H21ClN2O3/c1-14(2)29-23(28)19-13-26(22(27)15-7-9-16(24)10-8-15)12-11-18-17-5-3-4-6-20(17)25-21(18)19/h3-10,13-14,25H,11-12H2,1-2H3. The Hall–Kier alpha value is -3.05. The summed E-state index contributed by atoms with van der Waals surface area (Å²) >= 11 is 5.94. The number of para-hydroxylation sites is 1. The molecule has 0 bridgehead atoms. The van der Waals surface area contributed by atoms with Crippen molar-refractivity contribution in [2.45, 2.75) is 26.4 Å². The molecule has 2 heterocycles. The molecule has 4 rings (SSSR count). The van der Waals surface area contributed by atoms with Crippen LogP contribution in [0.5, 0.6) is 0 Å². The van der Waals surface area contributed by atoms with Gasteiger partial charge in [-0.1, -0.05) is 29.8 Å². The van der Waals surface area contributed by atoms with Crippen molar-refractivity contribution in [3.8, 4) is 0 Å². The van der Waals surface area contributed by atoms with Gasteiger partial charge in [0.1, 0.15) is 0 Å². The van der Waals surface area contributed by atoms with Crippen LogP contribution in [0.15, 0.2) is 54.7 Å². The smallest absolute Gasteiger partial charge is 0.342 e. The molecule has 0 radical (unpaired) electrons. The molecule has 29 heavy (non-hydrogen) atoms. The van der Waals surface area contributed by atoms with Crippen LogP contribution in [0.1, 0.15) is 35.5 Å². The average Bonchev–Trinajstić information content (AvgIpc) is 2.95. The van der Waals surface area contributed by atoms with Gasteiger partial charge in [-0.3, -0.25) is 4.79 Å². The van der Waals surface area contributed by atoms with Crippen molar-refractivity contribution >= 4 is 40.0 Å². The number of H-pyrrole nitrogens is 1. The van der Waals surface area contributed by atoms with E-state index in [0.29, 0.717) is 34.8 Å². The number of hydrogen-bond donors (Lipinski definition) is 1. The van der Waals surface area contributed by atoms with Gasteiger partial charge in [-0.15, -0.1) is 0 Å². The lowest BCUT2D eigenvalue weighted by atomic mass is 10.0. The van der Waals surface area contributed by atoms with E-state index >= 15 is 0 Å². The van der Waals surface area contributed by atoms with E-state index in [9.17, 15) is 9.59 Å². The van der Waals surface area contributed by atoms with Crippen LogP contribution in [-0.2, 0) is 16.0 Å². The predicted molar refractivity (Wildman–Crippen MR) is 114 cm³/mol. The van der Waals surface area contributed by atoms with Crippen molar-refractivity contribution in [2.75, 3.05) is 6.54 Å². The molecule has 0 aliphatic carbocycles. The number of carbonyl (C=O) groups excluding carboxylic acids is 2. The first-order valence-electron chi connectivity index (χ1n) is 9.53. The van der Waals surface area contributed by atoms with E-state index in [1.165, 1.54) is 0 Å². The molecule has 0 saturated heterocycles. The van der Waals surface area contributed by atoms with Crippen molar-refractivity contribution in [3.63, 3.8) is 0 Å². The molecule has 1 aliphatic heterocycles. The highest BCUT2D eigenvalue weighted by Gasteiger charge is 2.28. The average molecular weight is 409 g/mol. The van der Waals surface area contributed by atoms with Gasteiger partial charge in [0.25, 0.3) is 5.91 Å². The molecule has 5 nitrogen and oxygen atoms in total. The summed E-state index contributed by atoms with van der Waals surface area (Å²) in [6, 6.07) is 14.6. The van der Waals surface area contributed by atoms with E-state index in [1.807, 2.05) is 24.3 Å². The van der Waals surface area contributed by atoms with Crippen LogP contribution in [0.3, 0.4) is 0 Å². The zero-order chi connectivity index (χ0) is 20.5. The van der Waals surface area contributed by atoms with Gasteiger partial charge < -0.3 is 14.6 Å². The third kappa shape index (κ3) is 3.78. The Labute approximate surface area is 173 Å². The molecule has 0 atom stereocenters. The van der Waals surface area contributed by atoms with E-state index < -0.39 is 5.97 Å². The number of nitrogens with one attached hydrogen (secondary N) is 1. The molecular weight excluding hydrogens is 388 g/mol. The first kappa shape index (κ1) is 19.3. The number of ether oxygens (including phenoxy) is 1. The molecule has 0 fully saturated rings. The van der Waals surface area contributed by atoms with Crippen LogP contribution in [0, 0.1) is 0 Å². The SMILES string of the molecule is CC(C)OC(=O)C1=CN(C(=O)c2ccc(Cl)cc2)CCc2c1[nH]c1ccccc21. The minimum Gasteiger partial charge on any atom is -0.459 e. The number of esters is 1. The number of benzene rings is 2. The molecule has 148 valence electrons. The lowest BCUT2D eigenvalue weighted by Crippen LogP contribution is -2.28. The molecule has 1 aromatic heterocycles. The van der Waals surface area contributed by atoms with Gasteiger partial charge in [-0.05, 0) is 56.2 Å². The fourth-order valence-electron chi connectivity index (χ4n) is 3.56. The second-order valence-corrected chi connectivity index (χ2v) is 7.71. The van der Waals surface area contributed by atoms with Gasteiger partial charge in [-0.25, -0.2) is 4.79 Å². The Morgan fingerprint density at radius 2 is 1.83 bits per heavy atom. The predicted octanol–water partition coefficient (Wildman–Crippen LogP) is 4.81. The molecule has 6 heteroatoms. The normalized spacial score (nSPS) is 13.8. The first-order chi connectivity index (χ1) is 13.9. The zero-order valence-corrected chi connectivity index (χ0v) is 17.0. The molecule has 1 aliphatic rings. The monoisotopic (exact) mass is 408 g/mol. The number of nitrogens with zero attached hydrogens (tertiary/aromatic N) is 1. The highest BCUT2D eigenvalue weighted by Crippen LogP contribution is 2.32. The number of aromatic amines is 1. The van der Waals surface area contributed by atoms with Crippen LogP contribution in [-0.4, -0.2) is 34.4 Å². The summed E-state index contributed by atoms with van der Waals surface area (Å²) in [6.07, 6.45) is 1.95. The highest BCUT2D eigenvalue weighted by molar-refractivity contribution is 6.30. The van der Waals surface area contributed by atoms with Crippen LogP contribution in [0.4, 0.5) is 0 Å². The summed E-state index contributed by atoms with van der Waals surface area (Å²) in [7, 11) is 0. The van der Waals surface area contributed by atoms with Crippen molar-refractivity contribution in [3.05, 3.63) is 76.6 Å². The summed E-state index contributed by atoms with van der Waals surface area (Å²) in [4.78, 5) is 30.9. The van der Waals surface area contributed by atoms with Crippen LogP contribution in [0.25, 0.3) is 16.5 Å². The van der Waals surface area contributed by atoms with Crippen molar-refractivity contribution in [1.82, 2.24) is 9.88 Å². The summed E-state index contributed by atoms with van der Waals surface area (Å²) in [5.41, 5.74) is 3.54. The molecule has 2 aromatic carbocycles. The number of hydrogen-bond acceptors (Lipinski definition) is 3. The molecule has 1 amide bonds. The fourth-order valence-corrected chi connectivity index (χ4v) is 3.68. The van der Waals surface area contributed by atoms with Crippen molar-refractivity contribution in [2.24, 2.45) is 0 Å². The Balaban J connectivity index is 1.79. The van der Waals surface area contributed by atoms with Gasteiger partial charge >= 0.3 is 5.97 Å². The Morgan fingerprint density at radius 1 is 1.10 bits per heavy atom. The molecule has 1 N–H and O–H groups in total. The van der Waals surface area contributed by atoms with Crippen LogP contribution in [0.2, 0.25) is 5.02 Å². The number of fused-ring (bicyclic) bond motifs is 3. The maximum atomic E-state index is 13.1. The number of carbonyl (C=O) groups is 2. The number of halogens is 1. The summed E-state index contributed by atoms with van der Waals surface area (Å²) in [5, 5.41) is 1.61. The van der Waals surface area contributed by atoms with E-state index in [-0.39, 0.29) is 12.0 Å². The minimum atomic E-state index is -0.455. The zero-order valence-electron chi connectivity index (χ0n) is 16.2. The largest absolute Gasteiger partial charge is 0.459 e. The third-order valence-corrected chi connectivity index (χ3v) is 5.14. The number of amides is 1. The second-order valence-electron chi connectivity index (χ2n) is 7.28. The van der Waals surface area contributed by atoms with Gasteiger partial charge in [0.05, 0.1) is 17.4 Å². The maximum absolute atomic E-state index is 13.1. The van der Waals surface area contributed by atoms with Gasteiger partial charge in [0.15, 0.2) is 0 Å². The summed E-state index contributed by atoms with van der Waals surface area (Å²) in [6.45, 7) is 4.06. The van der Waals surface area contributed by atoms with E-state index in [0.717, 1.165) is 16.5 Å². The van der Waals surface area contributed by atoms with Gasteiger partial charge in [0, 0.05) is 34.2 Å². The summed E-state index contributed by atoms with van der Waals surface area (Å²) < 4.78 is 5.46. The number of rotatable bonds is 3. The second kappa shape index (κ2) is 7.76. The molecular formula is C23H21ClN2O3. The van der Waals surface area contributed by atoms with E-state index in [2.05, 4.69) is 4.98 Å². The van der Waals surface area contributed by atoms with E-state index in [4.69, 9.17) is 16.3 Å². The summed E-state index contributed by atoms with van der Waals surface area (Å²) in [5.74, 6) is -0.644. The number of aromatic nitrogens is 1. The third-order valence-electron chi connectivity index (χ3n) is 4.89. The molecule has 3 aromatic rings. The molecule has 0 spiro atoms. The lowest BCUT2D eigenvalue weighted by Gasteiger charge is -2.18. The Morgan fingerprint density at radius 3 is 2.55 bits per heavy atom. The first-order valence-corrected chi connectivity index (χ1v) is 9.91. The Kier molecular flexibility index (Phi) is 5.16. The lowest BCUT2D eigenvalue weighted by molar-refractivity contribution is -0.140. The Bertz CT molecular complexity index is 1110. The molecule has 0 unspecified atom stereocenters. The van der Waals surface area contributed by atoms with E-state index in [1.54, 1.807) is 49.2 Å². The topological polar surface area (TPSA) is 62.4 Å².